The molecule has 2 rings (SSSR count). The number of anilines is 1. The molecule has 0 aromatic carbocycles. The fourth-order valence-electron chi connectivity index (χ4n) is 2.29. The molecule has 110 valence electrons. The van der Waals surface area contributed by atoms with Gasteiger partial charge in [-0.3, -0.25) is 4.79 Å². The van der Waals surface area contributed by atoms with Crippen LogP contribution < -0.4 is 9.64 Å². The lowest BCUT2D eigenvalue weighted by molar-refractivity contribution is -0.141. The van der Waals surface area contributed by atoms with E-state index in [4.69, 9.17) is 21.1 Å². The summed E-state index contributed by atoms with van der Waals surface area (Å²) in [6, 6.07) is 0.182. The Balaban J connectivity index is 2.22. The standard InChI is InChI=1S/C12H17ClN4O3/c1-19-9(18)7-8-5-3-4-6-17(8)11-14-10(13)15-12(16-11)20-2/h8H,3-7H2,1-2H3. The van der Waals surface area contributed by atoms with Crippen LogP contribution >= 0.6 is 11.6 Å². The third-order valence-corrected chi connectivity index (χ3v) is 3.44. The second-order valence-electron chi connectivity index (χ2n) is 4.51. The smallest absolute Gasteiger partial charge is 0.322 e. The third kappa shape index (κ3) is 3.47. The van der Waals surface area contributed by atoms with Gasteiger partial charge in [0.25, 0.3) is 0 Å². The number of esters is 1. The predicted molar refractivity (Wildman–Crippen MR) is 73.0 cm³/mol. The highest BCUT2D eigenvalue weighted by Crippen LogP contribution is 2.25. The average molecular weight is 301 g/mol. The quantitative estimate of drug-likeness (QED) is 0.779. The van der Waals surface area contributed by atoms with E-state index in [1.807, 2.05) is 4.90 Å². The summed E-state index contributed by atoms with van der Waals surface area (Å²) in [5, 5.41) is 0.0780. The van der Waals surface area contributed by atoms with E-state index in [9.17, 15) is 4.79 Å². The number of hydrogen-bond acceptors (Lipinski definition) is 7. The largest absolute Gasteiger partial charge is 0.469 e. The van der Waals surface area contributed by atoms with Crippen molar-refractivity contribution in [1.82, 2.24) is 15.0 Å². The highest BCUT2D eigenvalue weighted by Gasteiger charge is 2.28. The molecule has 1 saturated heterocycles. The van der Waals surface area contributed by atoms with E-state index < -0.39 is 0 Å². The molecule has 0 N–H and O–H groups in total. The number of nitrogens with zero attached hydrogens (tertiary/aromatic N) is 4. The molecule has 2 heterocycles. The zero-order valence-electron chi connectivity index (χ0n) is 11.5. The van der Waals surface area contributed by atoms with Crippen molar-refractivity contribution in [2.45, 2.75) is 31.7 Å². The van der Waals surface area contributed by atoms with Gasteiger partial charge in [0.1, 0.15) is 0 Å². The molecule has 0 amide bonds. The monoisotopic (exact) mass is 300 g/mol. The Labute approximate surface area is 122 Å². The minimum absolute atomic E-state index is 0.0133. The molecule has 0 aliphatic carbocycles. The van der Waals surface area contributed by atoms with Crippen LogP contribution in [0.3, 0.4) is 0 Å². The first kappa shape index (κ1) is 14.8. The molecule has 0 bridgehead atoms. The maximum absolute atomic E-state index is 11.5. The molecule has 1 aromatic heterocycles. The van der Waals surface area contributed by atoms with Crippen LogP contribution in [0.2, 0.25) is 5.28 Å². The molecule has 1 unspecified atom stereocenters. The van der Waals surface area contributed by atoms with E-state index in [-0.39, 0.29) is 23.3 Å². The van der Waals surface area contributed by atoms with Crippen LogP contribution in [0.4, 0.5) is 5.95 Å². The van der Waals surface area contributed by atoms with Gasteiger partial charge >= 0.3 is 12.0 Å². The lowest BCUT2D eigenvalue weighted by Crippen LogP contribution is -2.42. The highest BCUT2D eigenvalue weighted by atomic mass is 35.5. The van der Waals surface area contributed by atoms with Crippen LogP contribution in [0, 0.1) is 0 Å². The Morgan fingerprint density at radius 1 is 1.35 bits per heavy atom. The SMILES string of the molecule is COC(=O)CC1CCCCN1c1nc(Cl)nc(OC)n1. The summed E-state index contributed by atoms with van der Waals surface area (Å²) < 4.78 is 9.74. The van der Waals surface area contributed by atoms with E-state index in [0.717, 1.165) is 25.8 Å². The Morgan fingerprint density at radius 3 is 2.85 bits per heavy atom. The fraction of sp³-hybridized carbons (Fsp3) is 0.667. The van der Waals surface area contributed by atoms with E-state index in [1.54, 1.807) is 0 Å². The van der Waals surface area contributed by atoms with Crippen LogP contribution in [0.15, 0.2) is 0 Å². The van der Waals surface area contributed by atoms with Gasteiger partial charge in [-0.2, -0.15) is 15.0 Å². The molecule has 1 fully saturated rings. The number of rotatable bonds is 4. The van der Waals surface area contributed by atoms with Crippen molar-refractivity contribution in [1.29, 1.82) is 0 Å². The van der Waals surface area contributed by atoms with Gasteiger partial charge in [-0.15, -0.1) is 0 Å². The summed E-state index contributed by atoms with van der Waals surface area (Å²) in [5.41, 5.74) is 0. The number of hydrogen-bond donors (Lipinski definition) is 0. The molecule has 0 saturated carbocycles. The normalized spacial score (nSPS) is 18.8. The van der Waals surface area contributed by atoms with Gasteiger partial charge in [0, 0.05) is 12.6 Å². The van der Waals surface area contributed by atoms with Gasteiger partial charge in [-0.1, -0.05) is 0 Å². The van der Waals surface area contributed by atoms with Gasteiger partial charge in [-0.05, 0) is 30.9 Å². The molecule has 0 spiro atoms. The zero-order chi connectivity index (χ0) is 14.5. The molecular formula is C12H17ClN4O3. The van der Waals surface area contributed by atoms with Crippen molar-refractivity contribution in [3.8, 4) is 6.01 Å². The summed E-state index contributed by atoms with van der Waals surface area (Å²) in [4.78, 5) is 25.6. The summed E-state index contributed by atoms with van der Waals surface area (Å²) in [6.07, 6.45) is 3.28. The molecule has 1 aliphatic rings. The van der Waals surface area contributed by atoms with Gasteiger partial charge in [0.15, 0.2) is 0 Å². The molecule has 8 heteroatoms. The van der Waals surface area contributed by atoms with Gasteiger partial charge in [0.2, 0.25) is 11.2 Å². The third-order valence-electron chi connectivity index (χ3n) is 3.27. The van der Waals surface area contributed by atoms with E-state index in [0.29, 0.717) is 12.4 Å². The van der Waals surface area contributed by atoms with Gasteiger partial charge in [-0.25, -0.2) is 0 Å². The molecule has 7 nitrogen and oxygen atoms in total. The highest BCUT2D eigenvalue weighted by molar-refractivity contribution is 6.28. The summed E-state index contributed by atoms with van der Waals surface area (Å²) in [6.45, 7) is 0.769. The van der Waals surface area contributed by atoms with Crippen LogP contribution in [0.1, 0.15) is 25.7 Å². The molecule has 1 aliphatic heterocycles. The summed E-state index contributed by atoms with van der Waals surface area (Å²) in [5.74, 6) is 0.199. The van der Waals surface area contributed by atoms with Crippen LogP contribution in [0.5, 0.6) is 6.01 Å². The Kier molecular flexibility index (Phi) is 4.94. The van der Waals surface area contributed by atoms with Gasteiger partial charge < -0.3 is 14.4 Å². The minimum atomic E-state index is -0.242. The maximum Gasteiger partial charge on any atom is 0.322 e. The second-order valence-corrected chi connectivity index (χ2v) is 4.85. The molecular weight excluding hydrogens is 284 g/mol. The van der Waals surface area contributed by atoms with Crippen LogP contribution in [-0.2, 0) is 9.53 Å². The fourth-order valence-corrected chi connectivity index (χ4v) is 2.44. The van der Waals surface area contributed by atoms with Crippen molar-refractivity contribution < 1.29 is 14.3 Å². The predicted octanol–water partition coefficient (Wildman–Crippen LogP) is 1.46. The van der Waals surface area contributed by atoms with E-state index in [1.165, 1.54) is 14.2 Å². The average Bonchev–Trinajstić information content (AvgIpc) is 2.47. The number of ether oxygens (including phenoxy) is 2. The maximum atomic E-state index is 11.5. The topological polar surface area (TPSA) is 77.4 Å². The zero-order valence-corrected chi connectivity index (χ0v) is 12.3. The first-order valence-corrected chi connectivity index (χ1v) is 6.81. The molecule has 0 radical (unpaired) electrons. The first-order valence-electron chi connectivity index (χ1n) is 6.43. The number of carbonyl (C=O) groups is 1. The Morgan fingerprint density at radius 2 is 2.15 bits per heavy atom. The summed E-state index contributed by atoms with van der Waals surface area (Å²) in [7, 11) is 2.86. The van der Waals surface area contributed by atoms with Crippen LogP contribution in [-0.4, -0.2) is 47.7 Å². The Bertz CT molecular complexity index is 486. The van der Waals surface area contributed by atoms with Crippen molar-refractivity contribution in [3.05, 3.63) is 5.28 Å². The van der Waals surface area contributed by atoms with Gasteiger partial charge in [0.05, 0.1) is 20.6 Å². The number of carbonyl (C=O) groups excluding carboxylic acids is 1. The minimum Gasteiger partial charge on any atom is -0.469 e. The Hall–Kier alpha value is -1.63. The van der Waals surface area contributed by atoms with Crippen LogP contribution in [0.25, 0.3) is 0 Å². The lowest BCUT2D eigenvalue weighted by Gasteiger charge is -2.35. The molecule has 1 atom stereocenters. The summed E-state index contributed by atoms with van der Waals surface area (Å²) >= 11 is 5.87. The number of aromatic nitrogens is 3. The first-order chi connectivity index (χ1) is 9.63. The molecule has 1 aromatic rings. The van der Waals surface area contributed by atoms with Crippen molar-refractivity contribution in [3.63, 3.8) is 0 Å². The number of piperidine rings is 1. The molecule has 20 heavy (non-hydrogen) atoms. The number of methoxy groups -OCH3 is 2. The van der Waals surface area contributed by atoms with Crippen molar-refractivity contribution in [2.75, 3.05) is 25.7 Å². The second kappa shape index (κ2) is 6.69. The number of halogens is 1. The lowest BCUT2D eigenvalue weighted by atomic mass is 10.00. The van der Waals surface area contributed by atoms with E-state index >= 15 is 0 Å². The van der Waals surface area contributed by atoms with E-state index in [2.05, 4.69) is 15.0 Å². The van der Waals surface area contributed by atoms with Crippen molar-refractivity contribution in [2.24, 2.45) is 0 Å². The van der Waals surface area contributed by atoms with Crippen molar-refractivity contribution >= 4 is 23.5 Å².